The van der Waals surface area contributed by atoms with Crippen molar-refractivity contribution >= 4 is 22.8 Å². The number of aliphatic hydroxyl groups excluding tert-OH is 1. The number of amides is 1. The van der Waals surface area contributed by atoms with Crippen molar-refractivity contribution in [3.05, 3.63) is 59.7 Å². The van der Waals surface area contributed by atoms with Crippen molar-refractivity contribution < 1.29 is 24.2 Å². The van der Waals surface area contributed by atoms with E-state index in [-0.39, 0.29) is 22.7 Å². The number of carbonyl (C=O) groups excluding carboxylic acids is 2. The van der Waals surface area contributed by atoms with Crippen LogP contribution in [-0.2, 0) is 16.2 Å². The Bertz CT molecular complexity index is 949. The van der Waals surface area contributed by atoms with Crippen molar-refractivity contribution in [3.8, 4) is 11.5 Å². The van der Waals surface area contributed by atoms with Gasteiger partial charge in [0.25, 0.3) is 0 Å². The van der Waals surface area contributed by atoms with Crippen LogP contribution < -0.4 is 9.47 Å². The predicted octanol–water partition coefficient (Wildman–Crippen LogP) is 3.87. The van der Waals surface area contributed by atoms with Gasteiger partial charge in [-0.15, -0.1) is 0 Å². The first kappa shape index (κ1) is 24.1. The number of hydrogen-bond donors (Lipinski definition) is 1. The van der Waals surface area contributed by atoms with Gasteiger partial charge in [0.05, 0.1) is 19.0 Å². The molecule has 7 heteroatoms. The van der Waals surface area contributed by atoms with Gasteiger partial charge in [0.15, 0.2) is 16.6 Å². The lowest BCUT2D eigenvalue weighted by molar-refractivity contribution is -0.128. The summed E-state index contributed by atoms with van der Waals surface area (Å²) in [5.41, 5.74) is 1.50. The fourth-order valence-electron chi connectivity index (χ4n) is 4.13. The fraction of sp³-hybridized carbons (Fsp3) is 0.440. The highest BCUT2D eigenvalue weighted by molar-refractivity contribution is 8.14. The molecule has 0 bridgehead atoms. The van der Waals surface area contributed by atoms with Crippen LogP contribution in [0.25, 0.3) is 0 Å². The van der Waals surface area contributed by atoms with Crippen LogP contribution >= 0.6 is 11.8 Å². The summed E-state index contributed by atoms with van der Waals surface area (Å²) in [7, 11) is 1.60. The van der Waals surface area contributed by atoms with Gasteiger partial charge in [-0.05, 0) is 30.2 Å². The quantitative estimate of drug-likeness (QED) is 0.649. The Morgan fingerprint density at radius 1 is 1.22 bits per heavy atom. The predicted molar refractivity (Wildman–Crippen MR) is 126 cm³/mol. The zero-order valence-corrected chi connectivity index (χ0v) is 19.9. The number of benzene rings is 2. The lowest BCUT2D eigenvalue weighted by atomic mass is 9.72. The lowest BCUT2D eigenvalue weighted by Crippen LogP contribution is -2.38. The van der Waals surface area contributed by atoms with E-state index in [1.165, 1.54) is 6.92 Å². The van der Waals surface area contributed by atoms with Crippen LogP contribution in [0.15, 0.2) is 48.5 Å². The molecule has 172 valence electrons. The Kier molecular flexibility index (Phi) is 7.85. The number of aliphatic hydroxyl groups is 1. The third-order valence-electron chi connectivity index (χ3n) is 6.26. The SMILES string of the molecule is COc1ccc([C@@H]2CN(C(=O)CSC(C)=O)C[C@@]2(C)[C@@H](C)O)cc1OCc1ccccc1. The van der Waals surface area contributed by atoms with E-state index in [0.29, 0.717) is 31.2 Å². The standard InChI is InChI=1S/C25H31NO5S/c1-17(27)25(3)16-26(24(29)15-32-18(2)28)13-21(25)20-10-11-22(30-4)23(12-20)31-14-19-8-6-5-7-9-19/h5-12,17,21,27H,13-16H2,1-4H3/t17-,21+,25+/m1/s1. The topological polar surface area (TPSA) is 76.1 Å². The molecule has 0 radical (unpaired) electrons. The Hall–Kier alpha value is -2.51. The monoisotopic (exact) mass is 457 g/mol. The zero-order chi connectivity index (χ0) is 23.3. The van der Waals surface area contributed by atoms with Crippen LogP contribution in [0.1, 0.15) is 37.8 Å². The molecule has 1 aliphatic heterocycles. The minimum atomic E-state index is -0.624. The maximum absolute atomic E-state index is 12.7. The van der Waals surface area contributed by atoms with Gasteiger partial charge in [-0.2, -0.15) is 0 Å². The molecule has 3 atom stereocenters. The van der Waals surface area contributed by atoms with E-state index in [1.54, 1.807) is 18.9 Å². The molecule has 3 rings (SSSR count). The van der Waals surface area contributed by atoms with Crippen LogP contribution in [-0.4, -0.2) is 53.1 Å². The average Bonchev–Trinajstić information content (AvgIpc) is 3.15. The number of likely N-dealkylation sites (tertiary alicyclic amines) is 1. The van der Waals surface area contributed by atoms with Gasteiger partial charge in [0.2, 0.25) is 5.91 Å². The van der Waals surface area contributed by atoms with Crippen molar-refractivity contribution in [1.29, 1.82) is 0 Å². The fourth-order valence-corrected chi connectivity index (χ4v) is 4.64. The maximum Gasteiger partial charge on any atom is 0.233 e. The van der Waals surface area contributed by atoms with E-state index in [9.17, 15) is 14.7 Å². The number of thioether (sulfide) groups is 1. The summed E-state index contributed by atoms with van der Waals surface area (Å²) in [4.78, 5) is 25.7. The Morgan fingerprint density at radius 2 is 1.94 bits per heavy atom. The molecule has 1 heterocycles. The van der Waals surface area contributed by atoms with Crippen molar-refractivity contribution in [3.63, 3.8) is 0 Å². The van der Waals surface area contributed by atoms with Gasteiger partial charge in [-0.3, -0.25) is 9.59 Å². The molecular weight excluding hydrogens is 426 g/mol. The summed E-state index contributed by atoms with van der Waals surface area (Å²) >= 11 is 1.01. The van der Waals surface area contributed by atoms with Crippen molar-refractivity contribution in [2.75, 3.05) is 26.0 Å². The van der Waals surface area contributed by atoms with E-state index < -0.39 is 11.5 Å². The summed E-state index contributed by atoms with van der Waals surface area (Å²) < 4.78 is 11.6. The van der Waals surface area contributed by atoms with Gasteiger partial charge in [0.1, 0.15) is 6.61 Å². The molecule has 1 saturated heterocycles. The molecule has 1 amide bonds. The third-order valence-corrected chi connectivity index (χ3v) is 7.06. The summed E-state index contributed by atoms with van der Waals surface area (Å²) in [5, 5.41) is 10.5. The Morgan fingerprint density at radius 3 is 2.56 bits per heavy atom. The summed E-state index contributed by atoms with van der Waals surface area (Å²) in [6, 6.07) is 15.7. The molecule has 32 heavy (non-hydrogen) atoms. The smallest absolute Gasteiger partial charge is 0.233 e. The Labute approximate surface area is 193 Å². The molecule has 2 aromatic carbocycles. The van der Waals surface area contributed by atoms with E-state index >= 15 is 0 Å². The molecule has 1 aliphatic rings. The number of hydrogen-bond acceptors (Lipinski definition) is 6. The highest BCUT2D eigenvalue weighted by Gasteiger charge is 2.48. The van der Waals surface area contributed by atoms with Crippen molar-refractivity contribution in [2.24, 2.45) is 5.41 Å². The van der Waals surface area contributed by atoms with Crippen molar-refractivity contribution in [1.82, 2.24) is 4.90 Å². The first-order chi connectivity index (χ1) is 15.2. The highest BCUT2D eigenvalue weighted by atomic mass is 32.2. The first-order valence-corrected chi connectivity index (χ1v) is 11.7. The number of ether oxygens (including phenoxy) is 2. The second-order valence-corrected chi connectivity index (χ2v) is 9.63. The maximum atomic E-state index is 12.7. The molecule has 0 aliphatic carbocycles. The minimum Gasteiger partial charge on any atom is -0.493 e. The molecule has 6 nitrogen and oxygen atoms in total. The summed E-state index contributed by atoms with van der Waals surface area (Å²) in [6.45, 7) is 6.54. The van der Waals surface area contributed by atoms with Crippen LogP contribution in [0.5, 0.6) is 11.5 Å². The van der Waals surface area contributed by atoms with Gasteiger partial charge < -0.3 is 19.5 Å². The molecule has 0 aromatic heterocycles. The van der Waals surface area contributed by atoms with E-state index in [0.717, 1.165) is 22.9 Å². The first-order valence-electron chi connectivity index (χ1n) is 10.7. The number of rotatable bonds is 8. The van der Waals surface area contributed by atoms with Crippen LogP contribution in [0.3, 0.4) is 0 Å². The second kappa shape index (κ2) is 10.4. The molecule has 2 aromatic rings. The third kappa shape index (κ3) is 5.45. The molecule has 0 spiro atoms. The van der Waals surface area contributed by atoms with Gasteiger partial charge in [0, 0.05) is 31.3 Å². The Balaban J connectivity index is 1.85. The molecule has 0 saturated carbocycles. The van der Waals surface area contributed by atoms with E-state index in [4.69, 9.17) is 9.47 Å². The lowest BCUT2D eigenvalue weighted by Gasteiger charge is -2.33. The van der Waals surface area contributed by atoms with Gasteiger partial charge >= 0.3 is 0 Å². The van der Waals surface area contributed by atoms with E-state index in [2.05, 4.69) is 0 Å². The molecular formula is C25H31NO5S. The van der Waals surface area contributed by atoms with Gasteiger partial charge in [-0.25, -0.2) is 0 Å². The highest BCUT2D eigenvalue weighted by Crippen LogP contribution is 2.47. The normalized spacial score (nSPS) is 21.3. The van der Waals surface area contributed by atoms with Crippen molar-refractivity contribution in [2.45, 2.75) is 39.4 Å². The summed E-state index contributed by atoms with van der Waals surface area (Å²) in [5.74, 6) is 1.20. The average molecular weight is 458 g/mol. The van der Waals surface area contributed by atoms with Crippen LogP contribution in [0.4, 0.5) is 0 Å². The molecule has 1 fully saturated rings. The van der Waals surface area contributed by atoms with E-state index in [1.807, 2.05) is 55.5 Å². The summed E-state index contributed by atoms with van der Waals surface area (Å²) in [6.07, 6.45) is -0.624. The molecule has 1 N–H and O–H groups in total. The van der Waals surface area contributed by atoms with Crippen LogP contribution in [0.2, 0.25) is 0 Å². The number of carbonyl (C=O) groups is 2. The van der Waals surface area contributed by atoms with Gasteiger partial charge in [-0.1, -0.05) is 55.1 Å². The molecule has 0 unspecified atom stereocenters. The minimum absolute atomic E-state index is 0.0808. The largest absolute Gasteiger partial charge is 0.493 e. The van der Waals surface area contributed by atoms with Crippen LogP contribution in [0, 0.1) is 5.41 Å². The number of nitrogens with zero attached hydrogens (tertiary/aromatic N) is 1. The number of methoxy groups -OCH3 is 1. The second-order valence-electron chi connectivity index (χ2n) is 8.47. The zero-order valence-electron chi connectivity index (χ0n) is 19.0.